The van der Waals surface area contributed by atoms with Crippen LogP contribution in [-0.2, 0) is 11.3 Å². The highest BCUT2D eigenvalue weighted by atomic mass is 16.2. The number of aromatic nitrogens is 1. The summed E-state index contributed by atoms with van der Waals surface area (Å²) in [6.07, 6.45) is 7.87. The molecule has 0 atom stereocenters. The minimum atomic E-state index is -0.727. The van der Waals surface area contributed by atoms with Crippen LogP contribution < -0.4 is 16.0 Å². The first-order valence-corrected chi connectivity index (χ1v) is 9.34. The van der Waals surface area contributed by atoms with Gasteiger partial charge in [-0.15, -0.1) is 0 Å². The summed E-state index contributed by atoms with van der Waals surface area (Å²) >= 11 is 0. The molecule has 142 valence electrons. The molecule has 0 spiro atoms. The summed E-state index contributed by atoms with van der Waals surface area (Å²) in [6.45, 7) is 0.431. The normalized spacial score (nSPS) is 15.8. The fraction of sp³-hybridized carbons (Fsp3) is 0.381. The van der Waals surface area contributed by atoms with Gasteiger partial charge in [0, 0.05) is 37.2 Å². The zero-order valence-corrected chi connectivity index (χ0v) is 15.6. The van der Waals surface area contributed by atoms with Crippen LogP contribution in [0.1, 0.15) is 48.0 Å². The number of hydrogen-bond donors (Lipinski definition) is 2. The number of carbonyl (C=O) groups is 2. The molecule has 1 aliphatic carbocycles. The largest absolute Gasteiger partial charge is 0.350 e. The highest BCUT2D eigenvalue weighted by Gasteiger charge is 2.34. The van der Waals surface area contributed by atoms with Crippen molar-refractivity contribution in [3.05, 3.63) is 59.9 Å². The average molecular weight is 366 g/mol. The Bertz CT molecular complexity index is 784. The lowest BCUT2D eigenvalue weighted by Gasteiger charge is -2.31. The number of amides is 2. The molecule has 0 radical (unpaired) electrons. The first kappa shape index (κ1) is 19.0. The van der Waals surface area contributed by atoms with Gasteiger partial charge in [0.2, 0.25) is 5.91 Å². The standard InChI is InChI=1S/C21H26N4O2/c1-25(19(26)17-9-13-23-14-10-17)18-7-5-16(6-8-18)15-24-20(27)21(22)11-3-2-4-12-21/h5-10,13-14H,2-4,11-12,15,22H2,1H3,(H,24,27). The van der Waals surface area contributed by atoms with E-state index in [1.54, 1.807) is 36.5 Å². The van der Waals surface area contributed by atoms with E-state index >= 15 is 0 Å². The molecule has 0 bridgehead atoms. The quantitative estimate of drug-likeness (QED) is 0.851. The van der Waals surface area contributed by atoms with E-state index in [-0.39, 0.29) is 11.8 Å². The van der Waals surface area contributed by atoms with Crippen LogP contribution in [0.15, 0.2) is 48.8 Å². The van der Waals surface area contributed by atoms with E-state index in [9.17, 15) is 9.59 Å². The molecule has 1 heterocycles. The molecule has 1 aromatic heterocycles. The number of hydrogen-bond acceptors (Lipinski definition) is 4. The van der Waals surface area contributed by atoms with Crippen LogP contribution in [0.5, 0.6) is 0 Å². The molecule has 0 aliphatic heterocycles. The SMILES string of the molecule is CN(C(=O)c1ccncc1)c1ccc(CNC(=O)C2(N)CCCCC2)cc1. The second kappa shape index (κ2) is 8.31. The van der Waals surface area contributed by atoms with Crippen molar-refractivity contribution in [1.82, 2.24) is 10.3 Å². The molecule has 0 unspecified atom stereocenters. The van der Waals surface area contributed by atoms with E-state index in [0.717, 1.165) is 43.4 Å². The van der Waals surface area contributed by atoms with Gasteiger partial charge < -0.3 is 16.0 Å². The van der Waals surface area contributed by atoms with Gasteiger partial charge in [-0.1, -0.05) is 31.4 Å². The van der Waals surface area contributed by atoms with Gasteiger partial charge in [-0.2, -0.15) is 0 Å². The van der Waals surface area contributed by atoms with Crippen molar-refractivity contribution in [2.45, 2.75) is 44.2 Å². The molecule has 1 aliphatic rings. The summed E-state index contributed by atoms with van der Waals surface area (Å²) in [5.74, 6) is -0.169. The molecule has 0 saturated heterocycles. The number of pyridine rings is 1. The number of nitrogens with zero attached hydrogens (tertiary/aromatic N) is 2. The lowest BCUT2D eigenvalue weighted by atomic mass is 9.82. The summed E-state index contributed by atoms with van der Waals surface area (Å²) in [6, 6.07) is 11.0. The molecule has 3 N–H and O–H groups in total. The monoisotopic (exact) mass is 366 g/mol. The van der Waals surface area contributed by atoms with Gasteiger partial charge in [-0.05, 0) is 42.7 Å². The zero-order valence-electron chi connectivity index (χ0n) is 15.6. The van der Waals surface area contributed by atoms with Gasteiger partial charge in [0.1, 0.15) is 0 Å². The first-order valence-electron chi connectivity index (χ1n) is 9.34. The summed E-state index contributed by atoms with van der Waals surface area (Å²) in [7, 11) is 1.74. The van der Waals surface area contributed by atoms with E-state index in [1.165, 1.54) is 0 Å². The fourth-order valence-corrected chi connectivity index (χ4v) is 3.41. The zero-order chi connectivity index (χ0) is 19.3. The van der Waals surface area contributed by atoms with Gasteiger partial charge in [0.05, 0.1) is 5.54 Å². The summed E-state index contributed by atoms with van der Waals surface area (Å²) in [5.41, 5.74) is 7.87. The molecule has 3 rings (SSSR count). The highest BCUT2D eigenvalue weighted by molar-refractivity contribution is 6.05. The predicted molar refractivity (Wildman–Crippen MR) is 105 cm³/mol. The Morgan fingerprint density at radius 1 is 1.07 bits per heavy atom. The van der Waals surface area contributed by atoms with Crippen molar-refractivity contribution >= 4 is 17.5 Å². The Morgan fingerprint density at radius 3 is 2.33 bits per heavy atom. The Kier molecular flexibility index (Phi) is 5.86. The van der Waals surface area contributed by atoms with Crippen molar-refractivity contribution in [3.8, 4) is 0 Å². The van der Waals surface area contributed by atoms with Crippen LogP contribution in [0.25, 0.3) is 0 Å². The molecule has 1 fully saturated rings. The number of carbonyl (C=O) groups excluding carboxylic acids is 2. The average Bonchev–Trinajstić information content (AvgIpc) is 2.72. The van der Waals surface area contributed by atoms with Gasteiger partial charge in [-0.25, -0.2) is 0 Å². The van der Waals surface area contributed by atoms with Crippen LogP contribution in [-0.4, -0.2) is 29.4 Å². The van der Waals surface area contributed by atoms with Crippen molar-refractivity contribution in [2.24, 2.45) is 5.73 Å². The maximum absolute atomic E-state index is 12.5. The predicted octanol–water partition coefficient (Wildman–Crippen LogP) is 2.64. The molecule has 1 aromatic carbocycles. The van der Waals surface area contributed by atoms with Gasteiger partial charge in [-0.3, -0.25) is 14.6 Å². The third kappa shape index (κ3) is 4.52. The molecule has 2 aromatic rings. The maximum Gasteiger partial charge on any atom is 0.258 e. The highest BCUT2D eigenvalue weighted by Crippen LogP contribution is 2.26. The number of anilines is 1. The van der Waals surface area contributed by atoms with E-state index in [2.05, 4.69) is 10.3 Å². The fourth-order valence-electron chi connectivity index (χ4n) is 3.41. The van der Waals surface area contributed by atoms with Gasteiger partial charge >= 0.3 is 0 Å². The van der Waals surface area contributed by atoms with Crippen molar-refractivity contribution in [1.29, 1.82) is 0 Å². The topological polar surface area (TPSA) is 88.3 Å². The van der Waals surface area contributed by atoms with Gasteiger partial charge in [0.15, 0.2) is 0 Å². The number of nitrogens with one attached hydrogen (secondary N) is 1. The summed E-state index contributed by atoms with van der Waals surface area (Å²) < 4.78 is 0. The van der Waals surface area contributed by atoms with Crippen LogP contribution in [0.4, 0.5) is 5.69 Å². The van der Waals surface area contributed by atoms with Gasteiger partial charge in [0.25, 0.3) is 5.91 Å². The van der Waals surface area contributed by atoms with E-state index < -0.39 is 5.54 Å². The van der Waals surface area contributed by atoms with E-state index in [1.807, 2.05) is 24.3 Å². The van der Waals surface area contributed by atoms with Crippen molar-refractivity contribution in [3.63, 3.8) is 0 Å². The Morgan fingerprint density at radius 2 is 1.70 bits per heavy atom. The second-order valence-electron chi connectivity index (χ2n) is 7.17. The minimum absolute atomic E-state index is 0.0729. The van der Waals surface area contributed by atoms with Crippen molar-refractivity contribution in [2.75, 3.05) is 11.9 Å². The maximum atomic E-state index is 12.5. The number of rotatable bonds is 5. The van der Waals surface area contributed by atoms with Crippen LogP contribution >= 0.6 is 0 Å². The summed E-state index contributed by atoms with van der Waals surface area (Å²) in [4.78, 5) is 30.4. The minimum Gasteiger partial charge on any atom is -0.350 e. The lowest BCUT2D eigenvalue weighted by molar-refractivity contribution is -0.127. The lowest BCUT2D eigenvalue weighted by Crippen LogP contribution is -2.54. The molecular formula is C21H26N4O2. The smallest absolute Gasteiger partial charge is 0.258 e. The Balaban J connectivity index is 1.58. The first-order chi connectivity index (χ1) is 13.0. The third-order valence-corrected chi connectivity index (χ3v) is 5.21. The number of benzene rings is 1. The van der Waals surface area contributed by atoms with Crippen molar-refractivity contribution < 1.29 is 9.59 Å². The van der Waals surface area contributed by atoms with Crippen LogP contribution in [0.2, 0.25) is 0 Å². The second-order valence-corrected chi connectivity index (χ2v) is 7.17. The molecule has 2 amide bonds. The Hall–Kier alpha value is -2.73. The number of nitrogens with two attached hydrogens (primary N) is 1. The van der Waals surface area contributed by atoms with E-state index in [0.29, 0.717) is 12.1 Å². The molecule has 6 heteroatoms. The molecule has 27 heavy (non-hydrogen) atoms. The van der Waals surface area contributed by atoms with Crippen LogP contribution in [0, 0.1) is 0 Å². The molecule has 6 nitrogen and oxygen atoms in total. The van der Waals surface area contributed by atoms with E-state index in [4.69, 9.17) is 5.73 Å². The molecular weight excluding hydrogens is 340 g/mol. The molecule has 1 saturated carbocycles. The summed E-state index contributed by atoms with van der Waals surface area (Å²) in [5, 5.41) is 2.96. The third-order valence-electron chi connectivity index (χ3n) is 5.21. The van der Waals surface area contributed by atoms with Crippen LogP contribution in [0.3, 0.4) is 0 Å². The Labute approximate surface area is 159 Å².